The number of benzene rings is 3. The minimum absolute atomic E-state index is 0.479. The zero-order valence-electron chi connectivity index (χ0n) is 20.7. The first kappa shape index (κ1) is 25.9. The van der Waals surface area contributed by atoms with Crippen molar-refractivity contribution in [1.82, 2.24) is 14.7 Å². The van der Waals surface area contributed by atoms with Crippen LogP contribution in [0.4, 0.5) is 0 Å². The van der Waals surface area contributed by atoms with Crippen molar-refractivity contribution in [3.63, 3.8) is 0 Å². The second-order valence-corrected chi connectivity index (χ2v) is 9.13. The van der Waals surface area contributed by atoms with Crippen LogP contribution < -0.4 is 4.74 Å². The molecule has 0 amide bonds. The Labute approximate surface area is 217 Å². The van der Waals surface area contributed by atoms with Crippen LogP contribution in [0.3, 0.4) is 0 Å². The van der Waals surface area contributed by atoms with E-state index in [9.17, 15) is 5.11 Å². The van der Waals surface area contributed by atoms with E-state index in [1.165, 1.54) is 0 Å². The molecule has 0 saturated carbocycles. The van der Waals surface area contributed by atoms with Gasteiger partial charge in [0, 0.05) is 39.4 Å². The van der Waals surface area contributed by atoms with E-state index in [0.29, 0.717) is 49.3 Å². The summed E-state index contributed by atoms with van der Waals surface area (Å²) < 4.78 is 13.5. The molecule has 4 aromatic rings. The van der Waals surface area contributed by atoms with Crippen molar-refractivity contribution in [1.29, 1.82) is 0 Å². The topological polar surface area (TPSA) is 59.8 Å². The Morgan fingerprint density at radius 1 is 0.972 bits per heavy atom. The van der Waals surface area contributed by atoms with Crippen molar-refractivity contribution in [2.24, 2.45) is 7.05 Å². The highest BCUT2D eigenvalue weighted by atomic mass is 35.5. The number of aliphatic hydroxyl groups excluding tert-OH is 1. The zero-order chi connectivity index (χ0) is 25.3. The summed E-state index contributed by atoms with van der Waals surface area (Å²) in [4.78, 5) is 2.18. The maximum absolute atomic E-state index is 10.9. The maximum Gasteiger partial charge on any atom is 0.222 e. The van der Waals surface area contributed by atoms with Gasteiger partial charge in [-0.15, -0.1) is 0 Å². The van der Waals surface area contributed by atoms with Crippen molar-refractivity contribution in [2.45, 2.75) is 19.1 Å². The first-order chi connectivity index (χ1) is 17.5. The van der Waals surface area contributed by atoms with Gasteiger partial charge in [0.15, 0.2) is 0 Å². The second-order valence-electron chi connectivity index (χ2n) is 8.73. The second kappa shape index (κ2) is 12.7. The van der Waals surface area contributed by atoms with Gasteiger partial charge in [0.1, 0.15) is 11.4 Å². The number of hydrogen-bond acceptors (Lipinski definition) is 5. The third-order valence-electron chi connectivity index (χ3n) is 5.95. The highest BCUT2D eigenvalue weighted by Gasteiger charge is 2.24. The first-order valence-corrected chi connectivity index (χ1v) is 12.4. The number of ether oxygens (including phenoxy) is 2. The number of nitrogens with zero attached hydrogens (tertiary/aromatic N) is 3. The smallest absolute Gasteiger partial charge is 0.222 e. The van der Waals surface area contributed by atoms with E-state index in [0.717, 1.165) is 22.4 Å². The lowest BCUT2D eigenvalue weighted by Gasteiger charge is -2.25. The number of aliphatic hydroxyl groups is 1. The van der Waals surface area contributed by atoms with E-state index in [1.54, 1.807) is 17.9 Å². The number of aryl methyl sites for hydroxylation is 1. The molecule has 3 aromatic carbocycles. The summed E-state index contributed by atoms with van der Waals surface area (Å²) in [6.07, 6.45) is 0.0420. The fourth-order valence-corrected chi connectivity index (χ4v) is 4.38. The van der Waals surface area contributed by atoms with Gasteiger partial charge in [-0.2, -0.15) is 5.10 Å². The van der Waals surface area contributed by atoms with Gasteiger partial charge < -0.3 is 14.6 Å². The number of aromatic nitrogens is 2. The van der Waals surface area contributed by atoms with Crippen LogP contribution in [0, 0.1) is 0 Å². The van der Waals surface area contributed by atoms with Crippen molar-refractivity contribution in [2.75, 3.05) is 26.8 Å². The van der Waals surface area contributed by atoms with Crippen molar-refractivity contribution >= 4 is 11.6 Å². The Kier molecular flexibility index (Phi) is 9.14. The molecule has 0 aliphatic rings. The molecule has 0 spiro atoms. The summed E-state index contributed by atoms with van der Waals surface area (Å²) in [6, 6.07) is 27.5. The first-order valence-electron chi connectivity index (χ1n) is 12.0. The summed E-state index contributed by atoms with van der Waals surface area (Å²) in [5.41, 5.74) is 3.85. The zero-order valence-corrected chi connectivity index (χ0v) is 21.4. The van der Waals surface area contributed by atoms with E-state index >= 15 is 0 Å². The van der Waals surface area contributed by atoms with Crippen LogP contribution in [0.5, 0.6) is 11.6 Å². The SMILES string of the molecule is COCCN(Cc1c(-c2ccccc2)nn(C)c1Oc1ccccc1Cl)CC(O)Cc1ccccc1. The van der Waals surface area contributed by atoms with Gasteiger partial charge in [0.25, 0.3) is 0 Å². The van der Waals surface area contributed by atoms with Crippen LogP contribution in [0.15, 0.2) is 84.9 Å². The standard InChI is InChI=1S/C29H32ClN3O3/c1-32-29(36-27-16-10-9-15-26(27)30)25(28(31-32)23-13-7-4-8-14-23)21-33(17-18-35-2)20-24(34)19-22-11-5-3-6-12-22/h3-16,24,34H,17-21H2,1-2H3. The Balaban J connectivity index is 1.65. The molecule has 4 rings (SSSR count). The molecule has 0 saturated heterocycles. The summed E-state index contributed by atoms with van der Waals surface area (Å²) >= 11 is 6.41. The molecular formula is C29H32ClN3O3. The van der Waals surface area contributed by atoms with Crippen LogP contribution in [-0.2, 0) is 24.8 Å². The normalized spacial score (nSPS) is 12.1. The molecule has 188 valence electrons. The average molecular weight is 506 g/mol. The van der Waals surface area contributed by atoms with E-state index in [1.807, 2.05) is 85.9 Å². The lowest BCUT2D eigenvalue weighted by molar-refractivity contribution is 0.0848. The lowest BCUT2D eigenvalue weighted by atomic mass is 10.1. The van der Waals surface area contributed by atoms with Crippen LogP contribution in [0.25, 0.3) is 11.3 Å². The summed E-state index contributed by atoms with van der Waals surface area (Å²) in [7, 11) is 3.55. The third-order valence-corrected chi connectivity index (χ3v) is 6.27. The van der Waals surface area contributed by atoms with Gasteiger partial charge in [-0.1, -0.05) is 84.4 Å². The molecule has 1 N–H and O–H groups in total. The highest BCUT2D eigenvalue weighted by Crippen LogP contribution is 2.36. The molecule has 0 aliphatic carbocycles. The van der Waals surface area contributed by atoms with E-state index in [4.69, 9.17) is 26.2 Å². The fourth-order valence-electron chi connectivity index (χ4n) is 4.21. The molecule has 1 unspecified atom stereocenters. The largest absolute Gasteiger partial charge is 0.437 e. The van der Waals surface area contributed by atoms with Crippen molar-refractivity contribution in [3.8, 4) is 22.9 Å². The van der Waals surface area contributed by atoms with Crippen molar-refractivity contribution in [3.05, 3.63) is 101 Å². The minimum atomic E-state index is -0.533. The molecule has 6 nitrogen and oxygen atoms in total. The molecule has 36 heavy (non-hydrogen) atoms. The number of methoxy groups -OCH3 is 1. The summed E-state index contributed by atoms with van der Waals surface area (Å²) in [6.45, 7) is 2.19. The molecule has 0 bridgehead atoms. The quantitative estimate of drug-likeness (QED) is 0.272. The number of rotatable bonds is 12. The van der Waals surface area contributed by atoms with E-state index in [2.05, 4.69) is 4.90 Å². The van der Waals surface area contributed by atoms with Gasteiger partial charge in [0.05, 0.1) is 23.3 Å². The predicted octanol–water partition coefficient (Wildman–Crippen LogP) is 5.58. The number of para-hydroxylation sites is 1. The molecule has 7 heteroatoms. The molecule has 0 radical (unpaired) electrons. The Hall–Kier alpha value is -3.16. The molecule has 1 aromatic heterocycles. The Bertz CT molecular complexity index is 1230. The Morgan fingerprint density at radius 3 is 2.33 bits per heavy atom. The van der Waals surface area contributed by atoms with Crippen LogP contribution in [0.2, 0.25) is 5.02 Å². The maximum atomic E-state index is 10.9. The summed E-state index contributed by atoms with van der Waals surface area (Å²) in [5, 5.41) is 16.3. The molecule has 1 heterocycles. The number of hydrogen-bond donors (Lipinski definition) is 1. The minimum Gasteiger partial charge on any atom is -0.437 e. The monoisotopic (exact) mass is 505 g/mol. The highest BCUT2D eigenvalue weighted by molar-refractivity contribution is 6.32. The van der Waals surface area contributed by atoms with Crippen LogP contribution >= 0.6 is 11.6 Å². The van der Waals surface area contributed by atoms with Crippen LogP contribution in [-0.4, -0.2) is 52.7 Å². The van der Waals surface area contributed by atoms with Gasteiger partial charge in [0.2, 0.25) is 5.88 Å². The molecule has 0 aliphatic heterocycles. The van der Waals surface area contributed by atoms with E-state index in [-0.39, 0.29) is 0 Å². The lowest BCUT2D eigenvalue weighted by Crippen LogP contribution is -2.35. The van der Waals surface area contributed by atoms with Gasteiger partial charge in [-0.25, -0.2) is 4.68 Å². The Morgan fingerprint density at radius 2 is 1.64 bits per heavy atom. The van der Waals surface area contributed by atoms with Gasteiger partial charge in [-0.05, 0) is 24.1 Å². The van der Waals surface area contributed by atoms with Gasteiger partial charge >= 0.3 is 0 Å². The fraction of sp³-hybridized carbons (Fsp3) is 0.276. The van der Waals surface area contributed by atoms with E-state index < -0.39 is 6.10 Å². The molecule has 1 atom stereocenters. The average Bonchev–Trinajstić information content (AvgIpc) is 3.19. The third kappa shape index (κ3) is 6.74. The van der Waals surface area contributed by atoms with Crippen LogP contribution in [0.1, 0.15) is 11.1 Å². The van der Waals surface area contributed by atoms with Gasteiger partial charge in [-0.3, -0.25) is 4.90 Å². The van der Waals surface area contributed by atoms with Crippen molar-refractivity contribution < 1.29 is 14.6 Å². The summed E-state index contributed by atoms with van der Waals surface area (Å²) in [5.74, 6) is 1.18. The predicted molar refractivity (Wildman–Crippen MR) is 143 cm³/mol. The molecular weight excluding hydrogens is 474 g/mol. The molecule has 0 fully saturated rings. The number of halogens is 1.